The van der Waals surface area contributed by atoms with Gasteiger partial charge in [-0.2, -0.15) is 0 Å². The lowest BCUT2D eigenvalue weighted by Gasteiger charge is -2.07. The summed E-state index contributed by atoms with van der Waals surface area (Å²) in [6, 6.07) is 5.52. The number of hydrogen-bond donors (Lipinski definition) is 1. The second-order valence-corrected chi connectivity index (χ2v) is 8.46. The van der Waals surface area contributed by atoms with Crippen LogP contribution in [0.1, 0.15) is 31.6 Å². The minimum atomic E-state index is -0.153. The fourth-order valence-corrected chi connectivity index (χ4v) is 4.24. The van der Waals surface area contributed by atoms with Crippen LogP contribution in [-0.4, -0.2) is 31.4 Å². The number of thioether (sulfide) groups is 1. The molecule has 0 atom stereocenters. The van der Waals surface area contributed by atoms with E-state index in [0.717, 1.165) is 23.1 Å². The molecule has 0 saturated carbocycles. The molecule has 3 aromatic heterocycles. The van der Waals surface area contributed by atoms with Gasteiger partial charge in [0.15, 0.2) is 11.0 Å². The molecule has 0 saturated heterocycles. The Balaban J connectivity index is 1.67. The van der Waals surface area contributed by atoms with E-state index in [1.165, 1.54) is 22.8 Å². The van der Waals surface area contributed by atoms with Crippen molar-refractivity contribution < 1.29 is 4.79 Å². The number of rotatable bonds is 7. The minimum Gasteiger partial charge on any atom is -0.310 e. The second-order valence-electron chi connectivity index (χ2n) is 6.14. The molecule has 1 amide bonds. The Morgan fingerprint density at radius 2 is 2.19 bits per heavy atom. The highest BCUT2D eigenvalue weighted by molar-refractivity contribution is 7.99. The number of pyridine rings is 1. The van der Waals surface area contributed by atoms with Gasteiger partial charge in [0.05, 0.1) is 10.8 Å². The van der Waals surface area contributed by atoms with Gasteiger partial charge in [-0.3, -0.25) is 4.79 Å². The summed E-state index contributed by atoms with van der Waals surface area (Å²) in [6.07, 6.45) is 1.50. The minimum absolute atomic E-state index is 0.153. The number of carbonyl (C=O) groups is 1. The van der Waals surface area contributed by atoms with E-state index in [-0.39, 0.29) is 11.7 Å². The summed E-state index contributed by atoms with van der Waals surface area (Å²) >= 11 is 8.89. The molecule has 6 nitrogen and oxygen atoms in total. The van der Waals surface area contributed by atoms with Crippen molar-refractivity contribution in [2.45, 2.75) is 38.4 Å². The molecule has 3 heterocycles. The first-order valence-electron chi connectivity index (χ1n) is 8.54. The van der Waals surface area contributed by atoms with Gasteiger partial charge in [-0.25, -0.2) is 4.98 Å². The maximum absolute atomic E-state index is 12.2. The summed E-state index contributed by atoms with van der Waals surface area (Å²) in [5.74, 6) is 1.87. The van der Waals surface area contributed by atoms with Crippen LogP contribution < -0.4 is 5.32 Å². The van der Waals surface area contributed by atoms with Gasteiger partial charge in [0, 0.05) is 28.6 Å². The van der Waals surface area contributed by atoms with Gasteiger partial charge in [0.1, 0.15) is 5.82 Å². The number of thiophene rings is 1. The lowest BCUT2D eigenvalue weighted by molar-refractivity contribution is -0.113. The van der Waals surface area contributed by atoms with Crippen LogP contribution in [0.15, 0.2) is 34.9 Å². The van der Waals surface area contributed by atoms with Crippen LogP contribution in [0.4, 0.5) is 5.82 Å². The van der Waals surface area contributed by atoms with E-state index in [2.05, 4.69) is 45.8 Å². The van der Waals surface area contributed by atoms with Crippen LogP contribution in [0, 0.1) is 0 Å². The number of amides is 1. The molecule has 0 unspecified atom stereocenters. The average molecular weight is 422 g/mol. The third-order valence-corrected chi connectivity index (χ3v) is 6.23. The third-order valence-electron chi connectivity index (χ3n) is 3.81. The Bertz CT molecular complexity index is 920. The predicted molar refractivity (Wildman–Crippen MR) is 112 cm³/mol. The maximum Gasteiger partial charge on any atom is 0.236 e. The van der Waals surface area contributed by atoms with Gasteiger partial charge in [-0.05, 0) is 31.0 Å². The molecule has 3 rings (SSSR count). The predicted octanol–water partition coefficient (Wildman–Crippen LogP) is 4.93. The van der Waals surface area contributed by atoms with Crippen molar-refractivity contribution in [1.82, 2.24) is 19.7 Å². The van der Waals surface area contributed by atoms with E-state index >= 15 is 0 Å². The number of hydrogen-bond acceptors (Lipinski definition) is 6. The maximum atomic E-state index is 12.2. The molecule has 9 heteroatoms. The van der Waals surface area contributed by atoms with Gasteiger partial charge in [0.25, 0.3) is 0 Å². The highest BCUT2D eigenvalue weighted by Crippen LogP contribution is 2.31. The Morgan fingerprint density at radius 1 is 1.37 bits per heavy atom. The van der Waals surface area contributed by atoms with Crippen molar-refractivity contribution >= 4 is 46.4 Å². The van der Waals surface area contributed by atoms with Gasteiger partial charge >= 0.3 is 0 Å². The standard InChI is InChI=1S/C18H20ClN5OS2/c1-4-24-17(12-7-14(11(2)3)26-9-12)22-23-18(24)27-10-16(25)21-15-6-5-13(19)8-20-15/h5-9,11H,4,10H2,1-3H3,(H,20,21,25). The fraction of sp³-hybridized carbons (Fsp3) is 0.333. The summed E-state index contributed by atoms with van der Waals surface area (Å²) in [7, 11) is 0. The van der Waals surface area contributed by atoms with E-state index < -0.39 is 0 Å². The van der Waals surface area contributed by atoms with Crippen molar-refractivity contribution in [2.24, 2.45) is 0 Å². The summed E-state index contributed by atoms with van der Waals surface area (Å²) < 4.78 is 2.03. The Hall–Kier alpha value is -1.90. The van der Waals surface area contributed by atoms with Crippen molar-refractivity contribution in [3.8, 4) is 11.4 Å². The Kier molecular flexibility index (Phi) is 6.51. The summed E-state index contributed by atoms with van der Waals surface area (Å²) in [4.78, 5) is 17.5. The van der Waals surface area contributed by atoms with E-state index in [1.807, 2.05) is 11.5 Å². The zero-order chi connectivity index (χ0) is 19.4. The van der Waals surface area contributed by atoms with Crippen LogP contribution in [0.3, 0.4) is 0 Å². The third kappa shape index (κ3) is 4.88. The second kappa shape index (κ2) is 8.86. The zero-order valence-corrected chi connectivity index (χ0v) is 17.7. The number of anilines is 1. The van der Waals surface area contributed by atoms with Gasteiger partial charge in [-0.1, -0.05) is 37.2 Å². The van der Waals surface area contributed by atoms with Gasteiger partial charge in [-0.15, -0.1) is 21.5 Å². The molecule has 1 N–H and O–H groups in total. The molecule has 3 aromatic rings. The SMILES string of the molecule is CCn1c(SCC(=O)Nc2ccc(Cl)cn2)nnc1-c1csc(C(C)C)c1. The summed E-state index contributed by atoms with van der Waals surface area (Å²) in [5.41, 5.74) is 1.07. The van der Waals surface area contributed by atoms with E-state index in [0.29, 0.717) is 16.8 Å². The first-order chi connectivity index (χ1) is 13.0. The number of nitrogens with one attached hydrogen (secondary N) is 1. The number of aromatic nitrogens is 4. The normalized spacial score (nSPS) is 11.1. The lowest BCUT2D eigenvalue weighted by atomic mass is 10.1. The van der Waals surface area contributed by atoms with Crippen LogP contribution in [0.25, 0.3) is 11.4 Å². The molecule has 0 aliphatic heterocycles. The summed E-state index contributed by atoms with van der Waals surface area (Å²) in [5, 5.41) is 14.7. The molecule has 0 aliphatic rings. The molecular weight excluding hydrogens is 402 g/mol. The monoisotopic (exact) mass is 421 g/mol. The van der Waals surface area contributed by atoms with E-state index in [1.54, 1.807) is 23.5 Å². The summed E-state index contributed by atoms with van der Waals surface area (Å²) in [6.45, 7) is 7.13. The largest absolute Gasteiger partial charge is 0.310 e. The van der Waals surface area contributed by atoms with E-state index in [9.17, 15) is 4.79 Å². The quantitative estimate of drug-likeness (QED) is 0.547. The van der Waals surface area contributed by atoms with Crippen LogP contribution in [0.5, 0.6) is 0 Å². The molecule has 142 valence electrons. The molecule has 0 aromatic carbocycles. The van der Waals surface area contributed by atoms with Crippen molar-refractivity contribution in [3.05, 3.63) is 39.7 Å². The highest BCUT2D eigenvalue weighted by atomic mass is 35.5. The highest BCUT2D eigenvalue weighted by Gasteiger charge is 2.16. The smallest absolute Gasteiger partial charge is 0.236 e. The first-order valence-corrected chi connectivity index (χ1v) is 10.8. The molecule has 0 bridgehead atoms. The molecule has 0 spiro atoms. The molecule has 27 heavy (non-hydrogen) atoms. The molecule has 0 fully saturated rings. The van der Waals surface area contributed by atoms with Crippen LogP contribution in [-0.2, 0) is 11.3 Å². The van der Waals surface area contributed by atoms with Crippen LogP contribution >= 0.6 is 34.7 Å². The van der Waals surface area contributed by atoms with Crippen LogP contribution in [0.2, 0.25) is 5.02 Å². The first kappa shape index (κ1) is 19.9. The van der Waals surface area contributed by atoms with Crippen molar-refractivity contribution in [1.29, 1.82) is 0 Å². The average Bonchev–Trinajstić information content (AvgIpc) is 3.28. The Labute approximate surface area is 171 Å². The van der Waals surface area contributed by atoms with Crippen molar-refractivity contribution in [3.63, 3.8) is 0 Å². The lowest BCUT2D eigenvalue weighted by Crippen LogP contribution is -2.15. The van der Waals surface area contributed by atoms with Crippen molar-refractivity contribution in [2.75, 3.05) is 11.1 Å². The number of carbonyl (C=O) groups excluding carboxylic acids is 1. The van der Waals surface area contributed by atoms with Gasteiger partial charge < -0.3 is 9.88 Å². The zero-order valence-electron chi connectivity index (χ0n) is 15.3. The van der Waals surface area contributed by atoms with E-state index in [4.69, 9.17) is 11.6 Å². The number of nitrogens with zero attached hydrogens (tertiary/aromatic N) is 4. The topological polar surface area (TPSA) is 72.7 Å². The number of halogens is 1. The fourth-order valence-electron chi connectivity index (χ4n) is 2.43. The van der Waals surface area contributed by atoms with Gasteiger partial charge in [0.2, 0.25) is 5.91 Å². The Morgan fingerprint density at radius 3 is 2.81 bits per heavy atom. The molecular formula is C18H20ClN5OS2. The molecule has 0 aliphatic carbocycles. The molecule has 0 radical (unpaired) electrons.